The molecule has 1 saturated carbocycles. The second-order valence-electron chi connectivity index (χ2n) is 4.63. The van der Waals surface area contributed by atoms with Crippen molar-refractivity contribution in [3.63, 3.8) is 0 Å². The number of likely N-dealkylation sites (tertiary alicyclic amines) is 1. The van der Waals surface area contributed by atoms with Crippen LogP contribution >= 0.6 is 0 Å². The molecule has 2 heteroatoms. The lowest BCUT2D eigenvalue weighted by Gasteiger charge is -2.24. The molecule has 1 aliphatic carbocycles. The van der Waals surface area contributed by atoms with E-state index in [1.54, 1.807) is 0 Å². The molecule has 0 unspecified atom stereocenters. The smallest absolute Gasteiger partial charge is 0.106 e. The Hall–Kier alpha value is -0.500. The molecule has 2 fully saturated rings. The van der Waals surface area contributed by atoms with Crippen molar-refractivity contribution < 1.29 is 4.74 Å². The maximum atomic E-state index is 5.93. The molecule has 2 rings (SSSR count). The molecule has 1 saturated heterocycles. The number of likely N-dealkylation sites (N-methyl/N-ethyl adjacent to an activating group) is 1. The summed E-state index contributed by atoms with van der Waals surface area (Å²) in [6.45, 7) is 5.28. The molecule has 1 atom stereocenters. The fraction of sp³-hybridized carbons (Fsp3) is 0.833. The van der Waals surface area contributed by atoms with Crippen LogP contribution in [0.4, 0.5) is 0 Å². The quantitative estimate of drug-likeness (QED) is 0.642. The lowest BCUT2D eigenvalue weighted by atomic mass is 10.2. The summed E-state index contributed by atoms with van der Waals surface area (Å²) in [6.07, 6.45) is 8.11. The molecule has 0 aromatic rings. The van der Waals surface area contributed by atoms with Crippen molar-refractivity contribution in [1.82, 2.24) is 4.90 Å². The van der Waals surface area contributed by atoms with E-state index in [-0.39, 0.29) is 0 Å². The highest BCUT2D eigenvalue weighted by molar-refractivity contribution is 5.01. The lowest BCUT2D eigenvalue weighted by Crippen LogP contribution is -2.28. The molecule has 0 spiro atoms. The van der Waals surface area contributed by atoms with E-state index in [0.29, 0.717) is 12.1 Å². The van der Waals surface area contributed by atoms with Gasteiger partial charge in [0.2, 0.25) is 0 Å². The highest BCUT2D eigenvalue weighted by Gasteiger charge is 2.27. The van der Waals surface area contributed by atoms with E-state index in [1.165, 1.54) is 45.1 Å². The zero-order valence-corrected chi connectivity index (χ0v) is 9.17. The maximum Gasteiger partial charge on any atom is 0.106 e. The summed E-state index contributed by atoms with van der Waals surface area (Å²) in [7, 11) is 2.17. The first-order chi connectivity index (χ1) is 6.77. The van der Waals surface area contributed by atoms with Crippen molar-refractivity contribution in [2.75, 3.05) is 13.6 Å². The first kappa shape index (κ1) is 10.0. The van der Waals surface area contributed by atoms with E-state index in [1.807, 2.05) is 0 Å². The van der Waals surface area contributed by atoms with E-state index in [4.69, 9.17) is 4.74 Å². The van der Waals surface area contributed by atoms with E-state index >= 15 is 0 Å². The Morgan fingerprint density at radius 2 is 1.93 bits per heavy atom. The molecule has 0 bridgehead atoms. The van der Waals surface area contributed by atoms with Gasteiger partial charge in [-0.1, -0.05) is 6.58 Å². The summed E-state index contributed by atoms with van der Waals surface area (Å²) in [5, 5.41) is 0. The second kappa shape index (κ2) is 4.35. The summed E-state index contributed by atoms with van der Waals surface area (Å²) in [6, 6.07) is 0.482. The summed E-state index contributed by atoms with van der Waals surface area (Å²) >= 11 is 0. The predicted octanol–water partition coefficient (Wildman–Crippen LogP) is 2.55. The van der Waals surface area contributed by atoms with Crippen molar-refractivity contribution >= 4 is 0 Å². The van der Waals surface area contributed by atoms with Gasteiger partial charge in [-0.15, -0.1) is 0 Å². The van der Waals surface area contributed by atoms with Crippen molar-refractivity contribution in [2.24, 2.45) is 0 Å². The average Bonchev–Trinajstić information content (AvgIpc) is 2.75. The first-order valence-electron chi connectivity index (χ1n) is 5.83. The topological polar surface area (TPSA) is 12.5 Å². The van der Waals surface area contributed by atoms with E-state index in [0.717, 1.165) is 5.76 Å². The number of hydrogen-bond donors (Lipinski definition) is 0. The highest BCUT2D eigenvalue weighted by Crippen LogP contribution is 2.27. The molecule has 80 valence electrons. The molecule has 0 aromatic carbocycles. The Morgan fingerprint density at radius 3 is 2.50 bits per heavy atom. The number of nitrogens with zero attached hydrogens (tertiary/aromatic N) is 1. The van der Waals surface area contributed by atoms with Gasteiger partial charge in [0.15, 0.2) is 0 Å². The molecule has 1 heterocycles. The summed E-state index contributed by atoms with van der Waals surface area (Å²) in [5.41, 5.74) is 0. The highest BCUT2D eigenvalue weighted by atomic mass is 16.5. The van der Waals surface area contributed by atoms with Gasteiger partial charge in [0.05, 0.1) is 12.1 Å². The largest absolute Gasteiger partial charge is 0.494 e. The first-order valence-corrected chi connectivity index (χ1v) is 5.83. The Labute approximate surface area is 86.9 Å². The van der Waals surface area contributed by atoms with Crippen LogP contribution in [0, 0.1) is 0 Å². The standard InChI is InChI=1S/C12H21NO/c1-10(12-8-5-9-13(12)2)14-11-6-3-4-7-11/h11-12H,1,3-9H2,2H3/t12-/m0/s1. The third-order valence-corrected chi connectivity index (χ3v) is 3.51. The van der Waals surface area contributed by atoms with Crippen LogP contribution in [0.15, 0.2) is 12.3 Å². The van der Waals surface area contributed by atoms with Crippen molar-refractivity contribution in [3.8, 4) is 0 Å². The Morgan fingerprint density at radius 1 is 1.21 bits per heavy atom. The van der Waals surface area contributed by atoms with Gasteiger partial charge < -0.3 is 4.74 Å². The van der Waals surface area contributed by atoms with Crippen molar-refractivity contribution in [1.29, 1.82) is 0 Å². The third kappa shape index (κ3) is 2.11. The zero-order chi connectivity index (χ0) is 9.97. The fourth-order valence-corrected chi connectivity index (χ4v) is 2.62. The lowest BCUT2D eigenvalue weighted by molar-refractivity contribution is 0.0907. The number of ether oxygens (including phenoxy) is 1. The van der Waals surface area contributed by atoms with Gasteiger partial charge in [-0.05, 0) is 52.1 Å². The van der Waals surface area contributed by atoms with Crippen LogP contribution in [0.25, 0.3) is 0 Å². The molecular formula is C12H21NO. The van der Waals surface area contributed by atoms with Gasteiger partial charge in [0.25, 0.3) is 0 Å². The predicted molar refractivity (Wildman–Crippen MR) is 58.1 cm³/mol. The summed E-state index contributed by atoms with van der Waals surface area (Å²) in [4.78, 5) is 2.36. The summed E-state index contributed by atoms with van der Waals surface area (Å²) < 4.78 is 5.93. The van der Waals surface area contributed by atoms with Gasteiger partial charge in [-0.25, -0.2) is 0 Å². The third-order valence-electron chi connectivity index (χ3n) is 3.51. The van der Waals surface area contributed by atoms with Gasteiger partial charge in [0, 0.05) is 0 Å². The van der Waals surface area contributed by atoms with Crippen LogP contribution in [0.5, 0.6) is 0 Å². The van der Waals surface area contributed by atoms with E-state index < -0.39 is 0 Å². The molecule has 0 aromatic heterocycles. The molecule has 2 aliphatic rings. The number of hydrogen-bond acceptors (Lipinski definition) is 2. The van der Waals surface area contributed by atoms with Gasteiger partial charge in [-0.3, -0.25) is 4.90 Å². The molecule has 1 aliphatic heterocycles. The van der Waals surface area contributed by atoms with Crippen molar-refractivity contribution in [2.45, 2.75) is 50.7 Å². The second-order valence-corrected chi connectivity index (χ2v) is 4.63. The molecule has 0 amide bonds. The molecule has 0 radical (unpaired) electrons. The molecule has 0 N–H and O–H groups in total. The normalized spacial score (nSPS) is 29.6. The number of rotatable bonds is 3. The van der Waals surface area contributed by atoms with Crippen LogP contribution in [-0.4, -0.2) is 30.6 Å². The van der Waals surface area contributed by atoms with Gasteiger partial charge in [0.1, 0.15) is 5.76 Å². The van der Waals surface area contributed by atoms with Crippen LogP contribution in [0.2, 0.25) is 0 Å². The van der Waals surface area contributed by atoms with Crippen LogP contribution in [-0.2, 0) is 4.74 Å². The average molecular weight is 195 g/mol. The minimum Gasteiger partial charge on any atom is -0.494 e. The van der Waals surface area contributed by atoms with Gasteiger partial charge >= 0.3 is 0 Å². The minimum atomic E-state index is 0.469. The van der Waals surface area contributed by atoms with E-state index in [2.05, 4.69) is 18.5 Å². The molecule has 2 nitrogen and oxygen atoms in total. The van der Waals surface area contributed by atoms with E-state index in [9.17, 15) is 0 Å². The van der Waals surface area contributed by atoms with Crippen LogP contribution in [0.3, 0.4) is 0 Å². The van der Waals surface area contributed by atoms with Gasteiger partial charge in [-0.2, -0.15) is 0 Å². The summed E-state index contributed by atoms with van der Waals surface area (Å²) in [5.74, 6) is 1.01. The Kier molecular flexibility index (Phi) is 3.12. The molecule has 14 heavy (non-hydrogen) atoms. The SMILES string of the molecule is C=C(OC1CCCC1)[C@@H]1CCCN1C. The Bertz CT molecular complexity index is 208. The Balaban J connectivity index is 1.82. The fourth-order valence-electron chi connectivity index (χ4n) is 2.62. The monoisotopic (exact) mass is 195 g/mol. The van der Waals surface area contributed by atoms with Crippen LogP contribution in [0.1, 0.15) is 38.5 Å². The van der Waals surface area contributed by atoms with Crippen molar-refractivity contribution in [3.05, 3.63) is 12.3 Å². The zero-order valence-electron chi connectivity index (χ0n) is 9.17. The molecular weight excluding hydrogens is 174 g/mol. The van der Waals surface area contributed by atoms with Crippen LogP contribution < -0.4 is 0 Å². The minimum absolute atomic E-state index is 0.469. The maximum absolute atomic E-state index is 5.93.